The van der Waals surface area contributed by atoms with Crippen LogP contribution < -0.4 is 9.64 Å². The van der Waals surface area contributed by atoms with E-state index >= 15 is 0 Å². The van der Waals surface area contributed by atoms with E-state index in [1.54, 1.807) is 25.2 Å². The van der Waals surface area contributed by atoms with E-state index in [1.165, 1.54) is 23.8 Å². The molecule has 1 aliphatic rings. The summed E-state index contributed by atoms with van der Waals surface area (Å²) in [6, 6.07) is 4.42. The number of anilines is 1. The van der Waals surface area contributed by atoms with Crippen LogP contribution in [0.2, 0.25) is 5.02 Å². The number of halogens is 1. The van der Waals surface area contributed by atoms with E-state index in [9.17, 15) is 18.0 Å². The third-order valence-electron chi connectivity index (χ3n) is 4.25. The van der Waals surface area contributed by atoms with Crippen LogP contribution >= 0.6 is 11.6 Å². The fourth-order valence-electron chi connectivity index (χ4n) is 2.77. The third-order valence-corrected chi connectivity index (χ3v) is 6.24. The van der Waals surface area contributed by atoms with Crippen LogP contribution in [0.1, 0.15) is 13.3 Å². The molecule has 1 aliphatic heterocycles. The lowest BCUT2D eigenvalue weighted by atomic mass is 10.2. The summed E-state index contributed by atoms with van der Waals surface area (Å²) in [5, 5.41) is 0.407. The van der Waals surface area contributed by atoms with E-state index in [0.29, 0.717) is 22.9 Å². The number of ether oxygens (including phenoxy) is 1. The number of carbonyl (C=O) groups excluding carboxylic acids is 2. The first-order valence-corrected chi connectivity index (χ1v) is 9.92. The quantitative estimate of drug-likeness (QED) is 0.760. The molecule has 1 aromatic carbocycles. The van der Waals surface area contributed by atoms with Crippen LogP contribution in [0.15, 0.2) is 18.2 Å². The summed E-state index contributed by atoms with van der Waals surface area (Å²) < 4.78 is 28.5. The van der Waals surface area contributed by atoms with Crippen LogP contribution in [0.3, 0.4) is 0 Å². The molecule has 0 aromatic heterocycles. The summed E-state index contributed by atoms with van der Waals surface area (Å²) in [6.45, 7) is 1.12. The smallest absolute Gasteiger partial charge is 0.242 e. The first-order valence-electron chi connectivity index (χ1n) is 7.72. The molecule has 1 unspecified atom stereocenters. The van der Waals surface area contributed by atoms with Gasteiger partial charge in [0.2, 0.25) is 11.8 Å². The molecule has 1 saturated heterocycles. The first kappa shape index (κ1) is 19.5. The summed E-state index contributed by atoms with van der Waals surface area (Å²) in [4.78, 5) is 27.3. The molecule has 2 amide bonds. The molecule has 7 nitrogen and oxygen atoms in total. The first-order chi connectivity index (χ1) is 11.6. The van der Waals surface area contributed by atoms with Crippen molar-refractivity contribution < 1.29 is 22.7 Å². The Balaban J connectivity index is 2.21. The molecule has 0 saturated carbocycles. The number of amides is 2. The highest BCUT2D eigenvalue weighted by Gasteiger charge is 2.33. The summed E-state index contributed by atoms with van der Waals surface area (Å²) in [5.41, 5.74) is 0.392. The average Bonchev–Trinajstić information content (AvgIpc) is 2.91. The van der Waals surface area contributed by atoms with Crippen molar-refractivity contribution in [3.8, 4) is 5.75 Å². The van der Waals surface area contributed by atoms with Crippen LogP contribution in [0.5, 0.6) is 5.75 Å². The number of likely N-dealkylation sites (N-methyl/N-ethyl adjacent to an activating group) is 1. The Kier molecular flexibility index (Phi) is 5.95. The lowest BCUT2D eigenvalue weighted by Gasteiger charge is -2.28. The second-order valence-corrected chi connectivity index (χ2v) is 8.65. The van der Waals surface area contributed by atoms with Gasteiger partial charge in [0.05, 0.1) is 24.3 Å². The highest BCUT2D eigenvalue weighted by Crippen LogP contribution is 2.31. The van der Waals surface area contributed by atoms with Crippen LogP contribution in [-0.2, 0) is 19.4 Å². The molecule has 0 bridgehead atoms. The Labute approximate surface area is 152 Å². The second kappa shape index (κ2) is 7.61. The molecule has 1 fully saturated rings. The van der Waals surface area contributed by atoms with Gasteiger partial charge in [-0.1, -0.05) is 11.6 Å². The molecule has 0 radical (unpaired) electrons. The average molecular weight is 389 g/mol. The topological polar surface area (TPSA) is 84.0 Å². The zero-order valence-electron chi connectivity index (χ0n) is 14.4. The third kappa shape index (κ3) is 4.64. The van der Waals surface area contributed by atoms with Gasteiger partial charge in [-0.15, -0.1) is 0 Å². The van der Waals surface area contributed by atoms with Gasteiger partial charge in [0.25, 0.3) is 0 Å². The van der Waals surface area contributed by atoms with E-state index in [4.69, 9.17) is 16.3 Å². The molecule has 1 heterocycles. The molecule has 1 aromatic rings. The van der Waals surface area contributed by atoms with Gasteiger partial charge in [0.15, 0.2) is 9.84 Å². The zero-order chi connectivity index (χ0) is 18.8. The minimum Gasteiger partial charge on any atom is -0.495 e. The lowest BCUT2D eigenvalue weighted by molar-refractivity contribution is -0.131. The van der Waals surface area contributed by atoms with Crippen LogP contribution in [0.4, 0.5) is 5.69 Å². The molecule has 138 valence electrons. The van der Waals surface area contributed by atoms with Crippen molar-refractivity contribution in [1.29, 1.82) is 0 Å². The minimum absolute atomic E-state index is 0.0458. The predicted octanol–water partition coefficient (Wildman–Crippen LogP) is 1.35. The number of hydrogen-bond acceptors (Lipinski definition) is 5. The van der Waals surface area contributed by atoms with Gasteiger partial charge in [-0.3, -0.25) is 14.5 Å². The van der Waals surface area contributed by atoms with Crippen molar-refractivity contribution >= 4 is 38.9 Å². The molecule has 0 aliphatic carbocycles. The summed E-state index contributed by atoms with van der Waals surface area (Å²) >= 11 is 6.00. The monoisotopic (exact) mass is 388 g/mol. The summed E-state index contributed by atoms with van der Waals surface area (Å²) in [6.07, 6.45) is 0.408. The Hall–Kier alpha value is -1.80. The highest BCUT2D eigenvalue weighted by molar-refractivity contribution is 7.91. The molecule has 1 atom stereocenters. The van der Waals surface area contributed by atoms with Crippen LogP contribution in [-0.4, -0.2) is 63.4 Å². The van der Waals surface area contributed by atoms with Gasteiger partial charge in [0, 0.05) is 25.0 Å². The molecule has 2 rings (SSSR count). The van der Waals surface area contributed by atoms with E-state index in [-0.39, 0.29) is 35.9 Å². The molecule has 0 N–H and O–H groups in total. The van der Waals surface area contributed by atoms with Crippen LogP contribution in [0, 0.1) is 0 Å². The fraction of sp³-hybridized carbons (Fsp3) is 0.500. The zero-order valence-corrected chi connectivity index (χ0v) is 15.9. The lowest BCUT2D eigenvalue weighted by Crippen LogP contribution is -2.45. The largest absolute Gasteiger partial charge is 0.495 e. The Morgan fingerprint density at radius 3 is 2.56 bits per heavy atom. The van der Waals surface area contributed by atoms with E-state index in [1.807, 2.05) is 0 Å². The van der Waals surface area contributed by atoms with E-state index in [2.05, 4.69) is 0 Å². The number of benzene rings is 1. The van der Waals surface area contributed by atoms with Crippen LogP contribution in [0.25, 0.3) is 0 Å². The Morgan fingerprint density at radius 1 is 1.36 bits per heavy atom. The standard InChI is InChI=1S/C16H21ClN2O5S/c1-11(20)19(14-8-12(17)4-5-15(14)24-3)9-16(21)18(2)13-6-7-25(22,23)10-13/h4-5,8,13H,6-7,9-10H2,1-3H3. The van der Waals surface area contributed by atoms with Gasteiger partial charge < -0.3 is 9.64 Å². The summed E-state index contributed by atoms with van der Waals surface area (Å²) in [7, 11) is -0.0815. The van der Waals surface area contributed by atoms with E-state index in [0.717, 1.165) is 0 Å². The maximum atomic E-state index is 12.6. The number of rotatable bonds is 5. The normalized spacial score (nSPS) is 18.6. The Morgan fingerprint density at radius 2 is 2.04 bits per heavy atom. The molecule has 9 heteroatoms. The van der Waals surface area contributed by atoms with Gasteiger partial charge >= 0.3 is 0 Å². The van der Waals surface area contributed by atoms with Crippen molar-refractivity contribution in [1.82, 2.24) is 4.90 Å². The van der Waals surface area contributed by atoms with Crippen molar-refractivity contribution in [2.75, 3.05) is 37.1 Å². The number of methoxy groups -OCH3 is 1. The second-order valence-electron chi connectivity index (χ2n) is 5.98. The van der Waals surface area contributed by atoms with Crippen molar-refractivity contribution in [2.45, 2.75) is 19.4 Å². The molecular weight excluding hydrogens is 368 g/mol. The van der Waals surface area contributed by atoms with Crippen molar-refractivity contribution in [2.24, 2.45) is 0 Å². The highest BCUT2D eigenvalue weighted by atomic mass is 35.5. The van der Waals surface area contributed by atoms with Crippen molar-refractivity contribution in [3.05, 3.63) is 23.2 Å². The molecular formula is C16H21ClN2O5S. The van der Waals surface area contributed by atoms with Crippen molar-refractivity contribution in [3.63, 3.8) is 0 Å². The van der Waals surface area contributed by atoms with Gasteiger partial charge in [-0.05, 0) is 24.6 Å². The number of hydrogen-bond donors (Lipinski definition) is 0. The van der Waals surface area contributed by atoms with Gasteiger partial charge in [0.1, 0.15) is 12.3 Å². The van der Waals surface area contributed by atoms with E-state index < -0.39 is 9.84 Å². The number of carbonyl (C=O) groups is 2. The number of sulfone groups is 1. The minimum atomic E-state index is -3.10. The predicted molar refractivity (Wildman–Crippen MR) is 95.9 cm³/mol. The number of nitrogens with zero attached hydrogens (tertiary/aromatic N) is 2. The molecule has 0 spiro atoms. The maximum Gasteiger partial charge on any atom is 0.242 e. The maximum absolute atomic E-state index is 12.6. The van der Waals surface area contributed by atoms with Gasteiger partial charge in [-0.25, -0.2) is 8.42 Å². The summed E-state index contributed by atoms with van der Waals surface area (Å²) in [5.74, 6) is -0.247. The van der Waals surface area contributed by atoms with Gasteiger partial charge in [-0.2, -0.15) is 0 Å². The molecule has 25 heavy (non-hydrogen) atoms. The SMILES string of the molecule is COc1ccc(Cl)cc1N(CC(=O)N(C)C1CCS(=O)(=O)C1)C(C)=O. The fourth-order valence-corrected chi connectivity index (χ4v) is 4.71. The Bertz CT molecular complexity index is 781.